The zero-order valence-corrected chi connectivity index (χ0v) is 8.01. The summed E-state index contributed by atoms with van der Waals surface area (Å²) in [5.74, 6) is 0. The summed E-state index contributed by atoms with van der Waals surface area (Å²) in [6.45, 7) is 0. The minimum absolute atomic E-state index is 0.313. The monoisotopic (exact) mass is 229 g/mol. The molecule has 0 radical (unpaired) electrons. The lowest BCUT2D eigenvalue weighted by Crippen LogP contribution is -2.12. The molecule has 0 heterocycles. The number of alkyl halides is 1. The lowest BCUT2D eigenvalue weighted by Gasteiger charge is -2.05. The van der Waals surface area contributed by atoms with Crippen LogP contribution < -0.4 is 5.73 Å². The van der Waals surface area contributed by atoms with Gasteiger partial charge in [0.05, 0.1) is 0 Å². The highest BCUT2D eigenvalue weighted by Crippen LogP contribution is 2.48. The minimum Gasteiger partial charge on any atom is -0.325 e. The highest BCUT2D eigenvalue weighted by Gasteiger charge is 2.54. The molecule has 0 bridgehead atoms. The van der Waals surface area contributed by atoms with Crippen LogP contribution in [0, 0.1) is 0 Å². The van der Waals surface area contributed by atoms with Crippen LogP contribution in [0.25, 0.3) is 0 Å². The van der Waals surface area contributed by atoms with E-state index in [1.54, 1.807) is 12.1 Å². The normalized spacial score (nSPS) is 33.4. The Morgan fingerprint density at radius 2 is 2.25 bits per heavy atom. The molecule has 3 heteroatoms. The number of halogens is 2. The summed E-state index contributed by atoms with van der Waals surface area (Å²) in [4.78, 5) is 0. The van der Waals surface area contributed by atoms with Gasteiger partial charge in [-0.25, -0.2) is 4.39 Å². The molecular weight excluding hydrogens is 221 g/mol. The van der Waals surface area contributed by atoms with Crippen LogP contribution in [0.3, 0.4) is 0 Å². The van der Waals surface area contributed by atoms with E-state index in [2.05, 4.69) is 15.9 Å². The third-order valence-corrected chi connectivity index (χ3v) is 2.74. The fourth-order valence-corrected chi connectivity index (χ4v) is 1.74. The second-order valence-corrected chi connectivity index (χ2v) is 4.10. The molecule has 1 aliphatic carbocycles. The molecule has 12 heavy (non-hydrogen) atoms. The van der Waals surface area contributed by atoms with Crippen LogP contribution >= 0.6 is 15.9 Å². The highest BCUT2D eigenvalue weighted by molar-refractivity contribution is 9.10. The van der Waals surface area contributed by atoms with E-state index in [4.69, 9.17) is 5.73 Å². The van der Waals surface area contributed by atoms with Gasteiger partial charge in [0.15, 0.2) is 5.67 Å². The van der Waals surface area contributed by atoms with Gasteiger partial charge in [-0.1, -0.05) is 28.1 Å². The van der Waals surface area contributed by atoms with E-state index in [1.807, 2.05) is 12.1 Å². The molecule has 1 aromatic carbocycles. The standard InChI is InChI=1S/C9H9BrFN/c10-7-3-1-2-6(4-7)9(11)5-8(9)12/h1-4,8H,5,12H2. The van der Waals surface area contributed by atoms with Crippen LogP contribution in [0.4, 0.5) is 4.39 Å². The Kier molecular flexibility index (Phi) is 1.73. The first-order valence-corrected chi connectivity index (χ1v) is 4.63. The predicted octanol–water partition coefficient (Wildman–Crippen LogP) is 2.34. The number of rotatable bonds is 1. The van der Waals surface area contributed by atoms with Crippen LogP contribution in [0.2, 0.25) is 0 Å². The number of hydrogen-bond acceptors (Lipinski definition) is 1. The maximum Gasteiger partial charge on any atom is 0.152 e. The summed E-state index contributed by atoms with van der Waals surface area (Å²) in [6.07, 6.45) is 0.448. The summed E-state index contributed by atoms with van der Waals surface area (Å²) in [5.41, 5.74) is 4.92. The van der Waals surface area contributed by atoms with Gasteiger partial charge in [-0.2, -0.15) is 0 Å². The Bertz CT molecular complexity index is 315. The predicted molar refractivity (Wildman–Crippen MR) is 49.5 cm³/mol. The van der Waals surface area contributed by atoms with Crippen molar-refractivity contribution in [3.05, 3.63) is 34.3 Å². The Morgan fingerprint density at radius 3 is 2.75 bits per heavy atom. The second-order valence-electron chi connectivity index (χ2n) is 3.18. The van der Waals surface area contributed by atoms with Crippen LogP contribution in [-0.2, 0) is 5.67 Å². The molecular formula is C9H9BrFN. The van der Waals surface area contributed by atoms with Crippen molar-refractivity contribution in [3.8, 4) is 0 Å². The third kappa shape index (κ3) is 1.17. The smallest absolute Gasteiger partial charge is 0.152 e. The highest BCUT2D eigenvalue weighted by atomic mass is 79.9. The third-order valence-electron chi connectivity index (χ3n) is 2.25. The van der Waals surface area contributed by atoms with E-state index < -0.39 is 5.67 Å². The summed E-state index contributed by atoms with van der Waals surface area (Å²) < 4.78 is 14.6. The van der Waals surface area contributed by atoms with Crippen molar-refractivity contribution < 1.29 is 4.39 Å². The van der Waals surface area contributed by atoms with E-state index in [-0.39, 0.29) is 6.04 Å². The molecule has 0 spiro atoms. The first kappa shape index (κ1) is 8.20. The van der Waals surface area contributed by atoms with Crippen molar-refractivity contribution in [2.45, 2.75) is 18.1 Å². The van der Waals surface area contributed by atoms with Gasteiger partial charge < -0.3 is 5.73 Å². The maximum absolute atomic E-state index is 13.7. The fourth-order valence-electron chi connectivity index (χ4n) is 1.34. The van der Waals surface area contributed by atoms with Crippen LogP contribution in [0.15, 0.2) is 28.7 Å². The summed E-state index contributed by atoms with van der Waals surface area (Å²) in [6, 6.07) is 6.95. The topological polar surface area (TPSA) is 26.0 Å². The lowest BCUT2D eigenvalue weighted by molar-refractivity contribution is 0.306. The molecule has 64 valence electrons. The van der Waals surface area contributed by atoms with Gasteiger partial charge in [-0.05, 0) is 17.7 Å². The molecule has 1 aliphatic rings. The Hall–Kier alpha value is -0.410. The molecule has 1 fully saturated rings. The van der Waals surface area contributed by atoms with Gasteiger partial charge in [0.25, 0.3) is 0 Å². The maximum atomic E-state index is 13.7. The van der Waals surface area contributed by atoms with Crippen LogP contribution in [-0.4, -0.2) is 6.04 Å². The molecule has 2 N–H and O–H groups in total. The van der Waals surface area contributed by atoms with E-state index >= 15 is 0 Å². The molecule has 1 aromatic rings. The largest absolute Gasteiger partial charge is 0.325 e. The van der Waals surface area contributed by atoms with Crippen molar-refractivity contribution >= 4 is 15.9 Å². The number of nitrogens with two attached hydrogens (primary N) is 1. The van der Waals surface area contributed by atoms with Crippen molar-refractivity contribution in [1.29, 1.82) is 0 Å². The Balaban J connectivity index is 2.36. The molecule has 0 saturated heterocycles. The van der Waals surface area contributed by atoms with E-state index in [9.17, 15) is 4.39 Å². The Morgan fingerprint density at radius 1 is 1.58 bits per heavy atom. The molecule has 0 aromatic heterocycles. The van der Waals surface area contributed by atoms with Gasteiger partial charge in [0.1, 0.15) is 0 Å². The van der Waals surface area contributed by atoms with Crippen molar-refractivity contribution in [3.63, 3.8) is 0 Å². The number of hydrogen-bond donors (Lipinski definition) is 1. The first-order valence-electron chi connectivity index (χ1n) is 3.83. The molecule has 1 saturated carbocycles. The summed E-state index contributed by atoms with van der Waals surface area (Å²) in [7, 11) is 0. The summed E-state index contributed by atoms with van der Waals surface area (Å²) >= 11 is 3.29. The van der Waals surface area contributed by atoms with Gasteiger partial charge >= 0.3 is 0 Å². The van der Waals surface area contributed by atoms with E-state index in [1.165, 1.54) is 0 Å². The second kappa shape index (κ2) is 2.54. The Labute approximate surface area is 78.9 Å². The lowest BCUT2D eigenvalue weighted by atomic mass is 10.1. The van der Waals surface area contributed by atoms with Crippen molar-refractivity contribution in [2.24, 2.45) is 5.73 Å². The quantitative estimate of drug-likeness (QED) is 0.787. The SMILES string of the molecule is NC1CC1(F)c1cccc(Br)c1. The average Bonchev–Trinajstić information content (AvgIpc) is 2.61. The van der Waals surface area contributed by atoms with E-state index in [0.717, 1.165) is 4.47 Å². The van der Waals surface area contributed by atoms with Gasteiger partial charge in [-0.15, -0.1) is 0 Å². The molecule has 0 amide bonds. The summed E-state index contributed by atoms with van der Waals surface area (Å²) in [5, 5.41) is 0. The molecule has 0 aliphatic heterocycles. The molecule has 2 rings (SSSR count). The van der Waals surface area contributed by atoms with Crippen molar-refractivity contribution in [2.75, 3.05) is 0 Å². The molecule has 2 atom stereocenters. The van der Waals surface area contributed by atoms with Gasteiger partial charge in [0, 0.05) is 16.9 Å². The van der Waals surface area contributed by atoms with Crippen molar-refractivity contribution in [1.82, 2.24) is 0 Å². The van der Waals surface area contributed by atoms with Crippen LogP contribution in [0.1, 0.15) is 12.0 Å². The zero-order chi connectivity index (χ0) is 8.77. The molecule has 1 nitrogen and oxygen atoms in total. The first-order chi connectivity index (χ1) is 5.63. The molecule has 2 unspecified atom stereocenters. The van der Waals surface area contributed by atoms with E-state index in [0.29, 0.717) is 12.0 Å². The van der Waals surface area contributed by atoms with Crippen LogP contribution in [0.5, 0.6) is 0 Å². The number of benzene rings is 1. The zero-order valence-electron chi connectivity index (χ0n) is 6.43. The van der Waals surface area contributed by atoms with Gasteiger partial charge in [-0.3, -0.25) is 0 Å². The fraction of sp³-hybridized carbons (Fsp3) is 0.333. The van der Waals surface area contributed by atoms with Gasteiger partial charge in [0.2, 0.25) is 0 Å². The average molecular weight is 230 g/mol. The minimum atomic E-state index is -1.26.